The van der Waals surface area contributed by atoms with E-state index >= 15 is 0 Å². The molecule has 0 fully saturated rings. The van der Waals surface area contributed by atoms with Crippen LogP contribution in [0, 0.1) is 0 Å². The van der Waals surface area contributed by atoms with Crippen LogP contribution in [0.4, 0.5) is 0 Å². The number of carboxylic acid groups (broad SMARTS) is 1. The predicted octanol–water partition coefficient (Wildman–Crippen LogP) is 1.19. The molecule has 2 rings (SSSR count). The largest absolute Gasteiger partial charge is 0.479 e. The zero-order chi connectivity index (χ0) is 11.0. The molecule has 0 aromatic heterocycles. The highest BCUT2D eigenvalue weighted by Crippen LogP contribution is 2.41. The van der Waals surface area contributed by atoms with Gasteiger partial charge in [0.25, 0.3) is 0 Å². The molecule has 0 spiro atoms. The first-order chi connectivity index (χ1) is 7.09. The van der Waals surface area contributed by atoms with E-state index in [1.165, 1.54) is 12.1 Å². The molecule has 2 N–H and O–H groups in total. The van der Waals surface area contributed by atoms with Crippen molar-refractivity contribution in [3.05, 3.63) is 22.7 Å². The smallest absolute Gasteiger partial charge is 0.337 e. The van der Waals surface area contributed by atoms with E-state index in [0.717, 1.165) is 0 Å². The fourth-order valence-corrected chi connectivity index (χ4v) is 1.56. The third-order valence-corrected chi connectivity index (χ3v) is 2.21. The van der Waals surface area contributed by atoms with Gasteiger partial charge in [-0.3, -0.25) is 0 Å². The van der Waals surface area contributed by atoms with Gasteiger partial charge >= 0.3 is 5.97 Å². The molecule has 1 unspecified atom stereocenters. The minimum atomic E-state index is -1.67. The Balaban J connectivity index is 2.51. The lowest BCUT2D eigenvalue weighted by molar-refractivity contribution is -0.147. The van der Waals surface area contributed by atoms with Crippen LogP contribution in [-0.2, 0) is 4.79 Å². The number of benzene rings is 1. The Morgan fingerprint density at radius 1 is 1.47 bits per heavy atom. The van der Waals surface area contributed by atoms with Crippen LogP contribution in [0.5, 0.6) is 11.5 Å². The van der Waals surface area contributed by atoms with Crippen molar-refractivity contribution in [3.8, 4) is 11.5 Å². The molecular weight excluding hydrogens is 224 g/mol. The standard InChI is InChI=1S/C9H7ClO5/c10-4-1-5(7(11)9(12)13)8-6(2-4)14-3-15-8/h1-2,7,11H,3H2,(H,12,13). The fraction of sp³-hybridized carbons (Fsp3) is 0.222. The minimum Gasteiger partial charge on any atom is -0.479 e. The van der Waals surface area contributed by atoms with E-state index in [9.17, 15) is 9.90 Å². The number of aliphatic carboxylic acids is 1. The van der Waals surface area contributed by atoms with E-state index < -0.39 is 12.1 Å². The number of ether oxygens (including phenoxy) is 2. The molecule has 80 valence electrons. The van der Waals surface area contributed by atoms with Crippen molar-refractivity contribution in [3.63, 3.8) is 0 Å². The molecule has 1 aliphatic heterocycles. The zero-order valence-electron chi connectivity index (χ0n) is 7.44. The maximum absolute atomic E-state index is 10.6. The van der Waals surface area contributed by atoms with Gasteiger partial charge in [0.15, 0.2) is 17.6 Å². The predicted molar refractivity (Wildman–Crippen MR) is 50.2 cm³/mol. The molecular formula is C9H7ClO5. The maximum atomic E-state index is 10.6. The SMILES string of the molecule is O=C(O)C(O)c1cc(Cl)cc2c1OCO2. The maximum Gasteiger partial charge on any atom is 0.337 e. The van der Waals surface area contributed by atoms with E-state index in [1.54, 1.807) is 0 Å². The van der Waals surface area contributed by atoms with E-state index in [-0.39, 0.29) is 23.1 Å². The highest BCUT2D eigenvalue weighted by molar-refractivity contribution is 6.30. The third kappa shape index (κ3) is 1.71. The Labute approximate surface area is 89.8 Å². The summed E-state index contributed by atoms with van der Waals surface area (Å²) in [5.74, 6) is -0.790. The number of halogens is 1. The summed E-state index contributed by atoms with van der Waals surface area (Å²) in [4.78, 5) is 10.6. The van der Waals surface area contributed by atoms with Crippen LogP contribution in [0.1, 0.15) is 11.7 Å². The first-order valence-electron chi connectivity index (χ1n) is 4.09. The normalized spacial score (nSPS) is 15.1. The number of carbonyl (C=O) groups is 1. The van der Waals surface area contributed by atoms with Gasteiger partial charge in [-0.1, -0.05) is 11.6 Å². The number of hydrogen-bond acceptors (Lipinski definition) is 4. The van der Waals surface area contributed by atoms with Crippen molar-refractivity contribution >= 4 is 17.6 Å². The molecule has 6 heteroatoms. The first-order valence-corrected chi connectivity index (χ1v) is 4.47. The number of rotatable bonds is 2. The van der Waals surface area contributed by atoms with Gasteiger partial charge < -0.3 is 19.7 Å². The lowest BCUT2D eigenvalue weighted by atomic mass is 10.1. The molecule has 1 atom stereocenters. The van der Waals surface area contributed by atoms with Crippen LogP contribution in [0.25, 0.3) is 0 Å². The summed E-state index contributed by atoms with van der Waals surface area (Å²) in [7, 11) is 0. The second kappa shape index (κ2) is 3.60. The van der Waals surface area contributed by atoms with Crippen molar-refractivity contribution in [1.29, 1.82) is 0 Å². The first kappa shape index (κ1) is 10.1. The summed E-state index contributed by atoms with van der Waals surface area (Å²) < 4.78 is 10.1. The van der Waals surface area contributed by atoms with E-state index in [2.05, 4.69) is 0 Å². The third-order valence-electron chi connectivity index (χ3n) is 1.99. The van der Waals surface area contributed by atoms with Crippen molar-refractivity contribution in [2.75, 3.05) is 6.79 Å². The van der Waals surface area contributed by atoms with Crippen LogP contribution in [-0.4, -0.2) is 23.0 Å². The topological polar surface area (TPSA) is 76.0 Å². The van der Waals surface area contributed by atoms with E-state index in [1.807, 2.05) is 0 Å². The molecule has 1 aromatic rings. The minimum absolute atomic E-state index is 0.00495. The van der Waals surface area contributed by atoms with Crippen molar-refractivity contribution in [2.45, 2.75) is 6.10 Å². The second-order valence-electron chi connectivity index (χ2n) is 2.97. The molecule has 0 bridgehead atoms. The average Bonchev–Trinajstić information content (AvgIpc) is 2.62. The molecule has 1 aromatic carbocycles. The molecule has 1 aliphatic rings. The van der Waals surface area contributed by atoms with Gasteiger partial charge in [-0.2, -0.15) is 0 Å². The van der Waals surface area contributed by atoms with Crippen LogP contribution < -0.4 is 9.47 Å². The summed E-state index contributed by atoms with van der Waals surface area (Å²) in [5, 5.41) is 18.3. The average molecular weight is 231 g/mol. The van der Waals surface area contributed by atoms with E-state index in [4.69, 9.17) is 26.2 Å². The summed E-state index contributed by atoms with van der Waals surface area (Å²) in [5.41, 5.74) is 0.0995. The lowest BCUT2D eigenvalue weighted by Crippen LogP contribution is -2.11. The highest BCUT2D eigenvalue weighted by atomic mass is 35.5. The highest BCUT2D eigenvalue weighted by Gasteiger charge is 2.27. The van der Waals surface area contributed by atoms with Gasteiger partial charge in [0.2, 0.25) is 6.79 Å². The van der Waals surface area contributed by atoms with Gasteiger partial charge in [0, 0.05) is 16.7 Å². The zero-order valence-corrected chi connectivity index (χ0v) is 8.19. The van der Waals surface area contributed by atoms with Gasteiger partial charge in [-0.25, -0.2) is 4.79 Å². The van der Waals surface area contributed by atoms with Crippen molar-refractivity contribution < 1.29 is 24.5 Å². The molecule has 0 saturated carbocycles. The molecule has 0 radical (unpaired) electrons. The molecule has 15 heavy (non-hydrogen) atoms. The Kier molecular flexibility index (Phi) is 2.42. The van der Waals surface area contributed by atoms with Gasteiger partial charge in [-0.15, -0.1) is 0 Å². The Morgan fingerprint density at radius 3 is 2.87 bits per heavy atom. The molecule has 0 aliphatic carbocycles. The second-order valence-corrected chi connectivity index (χ2v) is 3.41. The monoisotopic (exact) mass is 230 g/mol. The number of fused-ring (bicyclic) bond motifs is 1. The van der Waals surface area contributed by atoms with Crippen LogP contribution in [0.15, 0.2) is 12.1 Å². The van der Waals surface area contributed by atoms with Gasteiger partial charge in [0.05, 0.1) is 0 Å². The molecule has 5 nitrogen and oxygen atoms in total. The van der Waals surface area contributed by atoms with Crippen LogP contribution in [0.2, 0.25) is 5.02 Å². The number of hydrogen-bond donors (Lipinski definition) is 2. The Bertz CT molecular complexity index is 417. The molecule has 0 saturated heterocycles. The molecule has 1 heterocycles. The van der Waals surface area contributed by atoms with Gasteiger partial charge in [0.1, 0.15) is 0 Å². The van der Waals surface area contributed by atoms with Gasteiger partial charge in [-0.05, 0) is 6.07 Å². The summed E-state index contributed by atoms with van der Waals surface area (Å²) in [6, 6.07) is 2.84. The van der Waals surface area contributed by atoms with E-state index in [0.29, 0.717) is 5.75 Å². The lowest BCUT2D eigenvalue weighted by Gasteiger charge is -2.09. The van der Waals surface area contributed by atoms with Crippen molar-refractivity contribution in [1.82, 2.24) is 0 Å². The number of aliphatic hydroxyl groups excluding tert-OH is 1. The Morgan fingerprint density at radius 2 is 2.20 bits per heavy atom. The van der Waals surface area contributed by atoms with Crippen molar-refractivity contribution in [2.24, 2.45) is 0 Å². The summed E-state index contributed by atoms with van der Waals surface area (Å²) >= 11 is 5.74. The summed E-state index contributed by atoms with van der Waals surface area (Å²) in [6.45, 7) is -0.00495. The number of carboxylic acids is 1. The fourth-order valence-electron chi connectivity index (χ4n) is 1.34. The number of aliphatic hydroxyl groups is 1. The summed E-state index contributed by atoms with van der Waals surface area (Å²) in [6.07, 6.45) is -1.67. The quantitative estimate of drug-likeness (QED) is 0.798. The molecule has 0 amide bonds. The van der Waals surface area contributed by atoms with Crippen LogP contribution in [0.3, 0.4) is 0 Å². The Hall–Kier alpha value is -1.46. The van der Waals surface area contributed by atoms with Crippen LogP contribution >= 0.6 is 11.6 Å².